The molecule has 15 heavy (non-hydrogen) atoms. The van der Waals surface area contributed by atoms with Crippen LogP contribution in [0, 0.1) is 5.92 Å². The van der Waals surface area contributed by atoms with Crippen LogP contribution >= 0.6 is 0 Å². The molecule has 0 bridgehead atoms. The van der Waals surface area contributed by atoms with Crippen LogP contribution in [-0.2, 0) is 9.84 Å². The summed E-state index contributed by atoms with van der Waals surface area (Å²) >= 11 is 0. The van der Waals surface area contributed by atoms with Crippen molar-refractivity contribution < 1.29 is 21.6 Å². The van der Waals surface area contributed by atoms with Gasteiger partial charge in [0.15, 0.2) is 9.84 Å². The molecule has 0 rings (SSSR count). The van der Waals surface area contributed by atoms with Crippen molar-refractivity contribution >= 4 is 9.84 Å². The van der Waals surface area contributed by atoms with Crippen molar-refractivity contribution in [2.75, 3.05) is 18.1 Å². The Morgan fingerprint density at radius 2 is 1.87 bits per heavy atom. The molecule has 7 heteroatoms. The Kier molecular flexibility index (Phi) is 5.58. The first-order chi connectivity index (χ1) is 6.73. The molecule has 0 aliphatic heterocycles. The van der Waals surface area contributed by atoms with Gasteiger partial charge in [0.25, 0.3) is 0 Å². The molecule has 1 unspecified atom stereocenters. The number of nitrogens with two attached hydrogens (primary N) is 1. The third kappa shape index (κ3) is 5.99. The zero-order valence-electron chi connectivity index (χ0n) is 8.55. The first-order valence-electron chi connectivity index (χ1n) is 4.70. The average molecular weight is 247 g/mol. The summed E-state index contributed by atoms with van der Waals surface area (Å²) in [4.78, 5) is 0. The van der Waals surface area contributed by atoms with Crippen LogP contribution in [0.3, 0.4) is 0 Å². The molecule has 0 spiro atoms. The molecule has 0 saturated carbocycles. The second kappa shape index (κ2) is 5.69. The molecule has 0 aliphatic carbocycles. The van der Waals surface area contributed by atoms with Crippen molar-refractivity contribution in [3.8, 4) is 0 Å². The number of unbranched alkanes of at least 4 members (excludes halogenated alkanes) is 1. The van der Waals surface area contributed by atoms with Crippen molar-refractivity contribution in [2.45, 2.75) is 25.9 Å². The Hall–Kier alpha value is -0.300. The van der Waals surface area contributed by atoms with Gasteiger partial charge in [-0.2, -0.15) is 13.2 Å². The molecule has 1 atom stereocenters. The van der Waals surface area contributed by atoms with Gasteiger partial charge in [0.2, 0.25) is 0 Å². The van der Waals surface area contributed by atoms with Gasteiger partial charge in [0, 0.05) is 6.54 Å². The van der Waals surface area contributed by atoms with Crippen LogP contribution in [0.2, 0.25) is 0 Å². The minimum Gasteiger partial charge on any atom is -0.330 e. The van der Waals surface area contributed by atoms with Crippen LogP contribution in [0.5, 0.6) is 0 Å². The fourth-order valence-electron chi connectivity index (χ4n) is 1.05. The standard InChI is InChI=1S/C8H16F3NO2S/c1-2-3-4-15(13,14)6-7(5-12)8(9,10)11/h7H,2-6,12H2,1H3. The lowest BCUT2D eigenvalue weighted by atomic mass is 10.2. The fraction of sp³-hybridized carbons (Fsp3) is 1.00. The lowest BCUT2D eigenvalue weighted by Crippen LogP contribution is -2.36. The van der Waals surface area contributed by atoms with Gasteiger partial charge in [0.1, 0.15) is 0 Å². The van der Waals surface area contributed by atoms with Gasteiger partial charge >= 0.3 is 6.18 Å². The van der Waals surface area contributed by atoms with E-state index in [-0.39, 0.29) is 5.75 Å². The van der Waals surface area contributed by atoms with E-state index in [4.69, 9.17) is 5.73 Å². The molecule has 3 nitrogen and oxygen atoms in total. The van der Waals surface area contributed by atoms with Crippen molar-refractivity contribution in [1.29, 1.82) is 0 Å². The first kappa shape index (κ1) is 14.7. The maximum atomic E-state index is 12.2. The van der Waals surface area contributed by atoms with E-state index in [1.165, 1.54) is 0 Å². The summed E-state index contributed by atoms with van der Waals surface area (Å²) < 4.78 is 59.2. The fourth-order valence-corrected chi connectivity index (χ4v) is 2.88. The van der Waals surface area contributed by atoms with Gasteiger partial charge in [0.05, 0.1) is 17.4 Å². The van der Waals surface area contributed by atoms with Crippen LogP contribution in [0.15, 0.2) is 0 Å². The highest BCUT2D eigenvalue weighted by Crippen LogP contribution is 2.26. The molecule has 0 aromatic rings. The van der Waals surface area contributed by atoms with E-state index in [9.17, 15) is 21.6 Å². The van der Waals surface area contributed by atoms with Crippen LogP contribution in [0.4, 0.5) is 13.2 Å². The van der Waals surface area contributed by atoms with Crippen LogP contribution in [-0.4, -0.2) is 32.6 Å². The summed E-state index contributed by atoms with van der Waals surface area (Å²) in [6.07, 6.45) is -3.51. The number of rotatable bonds is 6. The average Bonchev–Trinajstić information content (AvgIpc) is 2.09. The monoisotopic (exact) mass is 247 g/mol. The van der Waals surface area contributed by atoms with Gasteiger partial charge in [-0.1, -0.05) is 13.3 Å². The third-order valence-corrected chi connectivity index (χ3v) is 3.83. The molecular weight excluding hydrogens is 231 g/mol. The molecule has 0 amide bonds. The Morgan fingerprint density at radius 3 is 2.20 bits per heavy atom. The molecule has 0 radical (unpaired) electrons. The van der Waals surface area contributed by atoms with E-state index in [1.807, 2.05) is 0 Å². The summed E-state index contributed by atoms with van der Waals surface area (Å²) in [5.41, 5.74) is 4.91. The quantitative estimate of drug-likeness (QED) is 0.770. The Morgan fingerprint density at radius 1 is 1.33 bits per heavy atom. The lowest BCUT2D eigenvalue weighted by Gasteiger charge is -2.18. The molecule has 0 aromatic heterocycles. The molecule has 0 fully saturated rings. The molecule has 92 valence electrons. The van der Waals surface area contributed by atoms with Gasteiger partial charge in [-0.25, -0.2) is 8.42 Å². The van der Waals surface area contributed by atoms with Gasteiger partial charge in [-0.15, -0.1) is 0 Å². The third-order valence-electron chi connectivity index (χ3n) is 2.01. The molecule has 0 aliphatic rings. The first-order valence-corrected chi connectivity index (χ1v) is 6.52. The number of halogens is 3. The Bertz CT molecular complexity index is 274. The minimum atomic E-state index is -4.53. The second-order valence-electron chi connectivity index (χ2n) is 3.44. The van der Waals surface area contributed by atoms with E-state index in [0.29, 0.717) is 12.8 Å². The predicted molar refractivity (Wildman–Crippen MR) is 52.2 cm³/mol. The highest BCUT2D eigenvalue weighted by atomic mass is 32.2. The van der Waals surface area contributed by atoms with Crippen molar-refractivity contribution in [3.05, 3.63) is 0 Å². The van der Waals surface area contributed by atoms with E-state index < -0.39 is 34.2 Å². The summed E-state index contributed by atoms with van der Waals surface area (Å²) in [5, 5.41) is 0. The van der Waals surface area contributed by atoms with Gasteiger partial charge < -0.3 is 5.73 Å². The topological polar surface area (TPSA) is 60.2 Å². The van der Waals surface area contributed by atoms with Gasteiger partial charge in [-0.3, -0.25) is 0 Å². The highest BCUT2D eigenvalue weighted by Gasteiger charge is 2.41. The van der Waals surface area contributed by atoms with Gasteiger partial charge in [-0.05, 0) is 6.42 Å². The molecule has 2 N–H and O–H groups in total. The predicted octanol–water partition coefficient (Wildman–Crippen LogP) is 1.34. The van der Waals surface area contributed by atoms with E-state index in [2.05, 4.69) is 0 Å². The highest BCUT2D eigenvalue weighted by molar-refractivity contribution is 7.91. The summed E-state index contributed by atoms with van der Waals surface area (Å²) in [5.74, 6) is -3.04. The van der Waals surface area contributed by atoms with Crippen LogP contribution < -0.4 is 5.73 Å². The largest absolute Gasteiger partial charge is 0.393 e. The minimum absolute atomic E-state index is 0.198. The normalized spacial score (nSPS) is 15.3. The van der Waals surface area contributed by atoms with E-state index in [0.717, 1.165) is 0 Å². The van der Waals surface area contributed by atoms with Crippen LogP contribution in [0.25, 0.3) is 0 Å². The zero-order valence-corrected chi connectivity index (χ0v) is 9.37. The maximum absolute atomic E-state index is 12.2. The number of hydrogen-bond donors (Lipinski definition) is 1. The zero-order chi connectivity index (χ0) is 12.1. The van der Waals surface area contributed by atoms with Crippen molar-refractivity contribution in [1.82, 2.24) is 0 Å². The Labute approximate surface area is 87.8 Å². The number of hydrogen-bond acceptors (Lipinski definition) is 3. The summed E-state index contributed by atoms with van der Waals surface area (Å²) in [7, 11) is -3.64. The second-order valence-corrected chi connectivity index (χ2v) is 5.67. The molecule has 0 saturated heterocycles. The summed E-state index contributed by atoms with van der Waals surface area (Å²) in [6, 6.07) is 0. The lowest BCUT2D eigenvalue weighted by molar-refractivity contribution is -0.165. The SMILES string of the molecule is CCCCS(=O)(=O)CC(CN)C(F)(F)F. The maximum Gasteiger partial charge on any atom is 0.393 e. The van der Waals surface area contributed by atoms with E-state index in [1.54, 1.807) is 6.92 Å². The number of alkyl halides is 3. The molecular formula is C8H16F3NO2S. The summed E-state index contributed by atoms with van der Waals surface area (Å²) in [6.45, 7) is 1.09. The molecule has 0 heterocycles. The molecule has 0 aromatic carbocycles. The van der Waals surface area contributed by atoms with E-state index >= 15 is 0 Å². The van der Waals surface area contributed by atoms with Crippen molar-refractivity contribution in [3.63, 3.8) is 0 Å². The number of sulfone groups is 1. The van der Waals surface area contributed by atoms with Crippen LogP contribution in [0.1, 0.15) is 19.8 Å². The Balaban J connectivity index is 4.42. The van der Waals surface area contributed by atoms with Crippen molar-refractivity contribution in [2.24, 2.45) is 11.7 Å². The smallest absolute Gasteiger partial charge is 0.330 e.